The Morgan fingerprint density at radius 1 is 1.43 bits per heavy atom. The summed E-state index contributed by atoms with van der Waals surface area (Å²) in [5, 5.41) is 6.60. The normalized spacial score (nSPS) is 10.9. The van der Waals surface area contributed by atoms with Gasteiger partial charge in [0, 0.05) is 24.5 Å². The van der Waals surface area contributed by atoms with E-state index < -0.39 is 11.3 Å². The van der Waals surface area contributed by atoms with Crippen LogP contribution in [-0.2, 0) is 6.54 Å². The Bertz CT molecular complexity index is 956. The molecule has 0 aliphatic rings. The third-order valence-electron chi connectivity index (χ3n) is 3.60. The van der Waals surface area contributed by atoms with E-state index in [1.807, 2.05) is 11.5 Å². The second-order valence-electron chi connectivity index (χ2n) is 5.18. The third kappa shape index (κ3) is 2.57. The van der Waals surface area contributed by atoms with Crippen LogP contribution in [0, 0.1) is 6.92 Å². The highest BCUT2D eigenvalue weighted by Crippen LogP contribution is 2.19. The number of nitrogens with zero attached hydrogens (tertiary/aromatic N) is 2. The molecule has 0 saturated carbocycles. The summed E-state index contributed by atoms with van der Waals surface area (Å²) >= 11 is 0. The molecule has 2 heterocycles. The van der Waals surface area contributed by atoms with Crippen molar-refractivity contribution in [3.8, 4) is 0 Å². The number of hydrogen-bond acceptors (Lipinski definition) is 5. The number of nitrogens with one attached hydrogen (secondary N) is 1. The van der Waals surface area contributed by atoms with E-state index in [0.29, 0.717) is 28.9 Å². The molecule has 7 nitrogen and oxygen atoms in total. The summed E-state index contributed by atoms with van der Waals surface area (Å²) in [7, 11) is 0. The van der Waals surface area contributed by atoms with Gasteiger partial charge in [-0.3, -0.25) is 9.59 Å². The van der Waals surface area contributed by atoms with Crippen LogP contribution in [0.1, 0.15) is 23.0 Å². The van der Waals surface area contributed by atoms with E-state index in [4.69, 9.17) is 10.3 Å². The minimum absolute atomic E-state index is 0.0119. The van der Waals surface area contributed by atoms with E-state index in [1.165, 1.54) is 6.20 Å². The number of aromatic nitrogens is 2. The Kier molecular flexibility index (Phi) is 3.61. The van der Waals surface area contributed by atoms with Crippen LogP contribution in [0.25, 0.3) is 10.9 Å². The van der Waals surface area contributed by atoms with Crippen LogP contribution < -0.4 is 16.5 Å². The Hall–Kier alpha value is -3.09. The fraction of sp³-hybridized carbons (Fsp3) is 0.188. The number of rotatable bonds is 3. The van der Waals surface area contributed by atoms with Crippen molar-refractivity contribution in [2.24, 2.45) is 0 Å². The highest BCUT2D eigenvalue weighted by atomic mass is 16.5. The van der Waals surface area contributed by atoms with Crippen LogP contribution >= 0.6 is 0 Å². The van der Waals surface area contributed by atoms with E-state index in [1.54, 1.807) is 31.2 Å². The van der Waals surface area contributed by atoms with Crippen LogP contribution in [0.2, 0.25) is 0 Å². The molecule has 0 aliphatic carbocycles. The summed E-state index contributed by atoms with van der Waals surface area (Å²) in [6, 6.07) is 6.80. The maximum atomic E-state index is 12.7. The van der Waals surface area contributed by atoms with Gasteiger partial charge < -0.3 is 20.1 Å². The van der Waals surface area contributed by atoms with Gasteiger partial charge in [-0.2, -0.15) is 0 Å². The van der Waals surface area contributed by atoms with E-state index >= 15 is 0 Å². The average Bonchev–Trinajstić information content (AvgIpc) is 2.92. The lowest BCUT2D eigenvalue weighted by molar-refractivity contribution is 0.102. The number of carbonyl (C=O) groups excluding carboxylic acids is 1. The minimum Gasteiger partial charge on any atom is -0.398 e. The highest BCUT2D eigenvalue weighted by molar-refractivity contribution is 6.06. The molecule has 3 aromatic rings. The lowest BCUT2D eigenvalue weighted by Gasteiger charge is -2.12. The van der Waals surface area contributed by atoms with Crippen molar-refractivity contribution < 1.29 is 9.32 Å². The van der Waals surface area contributed by atoms with Crippen molar-refractivity contribution in [3.05, 3.63) is 52.0 Å². The first-order chi connectivity index (χ1) is 11.0. The number of aryl methyl sites for hydroxylation is 2. The Morgan fingerprint density at radius 2 is 2.22 bits per heavy atom. The molecular formula is C16H16N4O3. The molecule has 0 bridgehead atoms. The molecular weight excluding hydrogens is 296 g/mol. The smallest absolute Gasteiger partial charge is 0.262 e. The highest BCUT2D eigenvalue weighted by Gasteiger charge is 2.17. The number of fused-ring (bicyclic) bond motifs is 1. The van der Waals surface area contributed by atoms with Gasteiger partial charge in [0.1, 0.15) is 11.3 Å². The monoisotopic (exact) mass is 312 g/mol. The summed E-state index contributed by atoms with van der Waals surface area (Å²) in [5.74, 6) is 0.278. The molecule has 118 valence electrons. The van der Waals surface area contributed by atoms with Crippen molar-refractivity contribution in [3.63, 3.8) is 0 Å². The van der Waals surface area contributed by atoms with Crippen molar-refractivity contribution in [1.82, 2.24) is 9.72 Å². The van der Waals surface area contributed by atoms with Gasteiger partial charge in [-0.1, -0.05) is 11.2 Å². The molecule has 23 heavy (non-hydrogen) atoms. The Balaban J connectivity index is 2.14. The first-order valence-corrected chi connectivity index (χ1v) is 7.17. The summed E-state index contributed by atoms with van der Waals surface area (Å²) in [4.78, 5) is 25.1. The molecule has 1 aromatic carbocycles. The number of benzene rings is 1. The third-order valence-corrected chi connectivity index (χ3v) is 3.60. The quantitative estimate of drug-likeness (QED) is 0.721. The molecule has 7 heteroatoms. The molecule has 1 amide bonds. The van der Waals surface area contributed by atoms with Gasteiger partial charge in [-0.15, -0.1) is 0 Å². The lowest BCUT2D eigenvalue weighted by atomic mass is 10.1. The first-order valence-electron chi connectivity index (χ1n) is 7.17. The lowest BCUT2D eigenvalue weighted by Crippen LogP contribution is -2.24. The molecule has 0 fully saturated rings. The van der Waals surface area contributed by atoms with Crippen LogP contribution in [-0.4, -0.2) is 15.6 Å². The number of carbonyl (C=O) groups is 1. The number of anilines is 2. The fourth-order valence-corrected chi connectivity index (χ4v) is 2.50. The van der Waals surface area contributed by atoms with Gasteiger partial charge in [0.05, 0.1) is 10.9 Å². The number of pyridine rings is 1. The van der Waals surface area contributed by atoms with Crippen LogP contribution in [0.4, 0.5) is 11.5 Å². The standard InChI is InChI=1S/C16H16N4O3/c1-3-20-8-10(16(22)18-13-7-9(2)23-19-13)15(21)14-11(17)5-4-6-12(14)20/h4-8H,3,17H2,1-2H3,(H,18,19,22). The van der Waals surface area contributed by atoms with Gasteiger partial charge in [-0.25, -0.2) is 0 Å². The van der Waals surface area contributed by atoms with Crippen molar-refractivity contribution >= 4 is 28.3 Å². The second kappa shape index (κ2) is 5.60. The van der Waals surface area contributed by atoms with Crippen LogP contribution in [0.5, 0.6) is 0 Å². The molecule has 2 aromatic heterocycles. The average molecular weight is 312 g/mol. The largest absolute Gasteiger partial charge is 0.398 e. The predicted molar refractivity (Wildman–Crippen MR) is 87.5 cm³/mol. The van der Waals surface area contributed by atoms with Crippen molar-refractivity contribution in [2.45, 2.75) is 20.4 Å². The molecule has 0 atom stereocenters. The molecule has 3 rings (SSSR count). The molecule has 0 radical (unpaired) electrons. The number of nitrogen functional groups attached to an aromatic ring is 1. The van der Waals surface area contributed by atoms with E-state index in [9.17, 15) is 9.59 Å². The maximum absolute atomic E-state index is 12.7. The van der Waals surface area contributed by atoms with Crippen molar-refractivity contribution in [1.29, 1.82) is 0 Å². The predicted octanol–water partition coefficient (Wildman–Crippen LogP) is 2.15. The van der Waals surface area contributed by atoms with Gasteiger partial charge >= 0.3 is 0 Å². The van der Waals surface area contributed by atoms with E-state index in [-0.39, 0.29) is 11.4 Å². The number of hydrogen-bond donors (Lipinski definition) is 2. The zero-order valence-corrected chi connectivity index (χ0v) is 12.8. The SMILES string of the molecule is CCn1cc(C(=O)Nc2cc(C)on2)c(=O)c2c(N)cccc21. The fourth-order valence-electron chi connectivity index (χ4n) is 2.50. The molecule has 0 unspecified atom stereocenters. The zero-order chi connectivity index (χ0) is 16.6. The van der Waals surface area contributed by atoms with E-state index in [0.717, 1.165) is 0 Å². The van der Waals surface area contributed by atoms with Gasteiger partial charge in [-0.05, 0) is 26.0 Å². The van der Waals surface area contributed by atoms with Crippen LogP contribution in [0.15, 0.2) is 39.8 Å². The Labute approximate surface area is 131 Å². The summed E-state index contributed by atoms with van der Waals surface area (Å²) in [5.41, 5.74) is 6.59. The molecule has 0 saturated heterocycles. The number of amides is 1. The topological polar surface area (TPSA) is 103 Å². The van der Waals surface area contributed by atoms with Crippen LogP contribution in [0.3, 0.4) is 0 Å². The summed E-state index contributed by atoms with van der Waals surface area (Å²) < 4.78 is 6.71. The molecule has 0 spiro atoms. The zero-order valence-electron chi connectivity index (χ0n) is 12.8. The summed E-state index contributed by atoms with van der Waals surface area (Å²) in [6.07, 6.45) is 1.53. The number of nitrogens with two attached hydrogens (primary N) is 1. The first kappa shape index (κ1) is 14.8. The van der Waals surface area contributed by atoms with Crippen molar-refractivity contribution in [2.75, 3.05) is 11.1 Å². The van der Waals surface area contributed by atoms with Gasteiger partial charge in [0.15, 0.2) is 5.82 Å². The van der Waals surface area contributed by atoms with E-state index in [2.05, 4.69) is 10.5 Å². The Morgan fingerprint density at radius 3 is 2.87 bits per heavy atom. The summed E-state index contributed by atoms with van der Waals surface area (Å²) in [6.45, 7) is 4.24. The van der Waals surface area contributed by atoms with Gasteiger partial charge in [0.25, 0.3) is 5.91 Å². The minimum atomic E-state index is -0.546. The molecule has 0 aliphatic heterocycles. The second-order valence-corrected chi connectivity index (χ2v) is 5.18. The maximum Gasteiger partial charge on any atom is 0.262 e. The molecule has 3 N–H and O–H groups in total. The van der Waals surface area contributed by atoms with Gasteiger partial charge in [0.2, 0.25) is 5.43 Å².